The second-order valence-electron chi connectivity index (χ2n) is 5.44. The molecule has 0 fully saturated rings. The summed E-state index contributed by atoms with van der Waals surface area (Å²) in [6.07, 6.45) is 3.59. The number of pyridine rings is 1. The fourth-order valence-electron chi connectivity index (χ4n) is 2.61. The zero-order valence-electron chi connectivity index (χ0n) is 12.8. The van der Waals surface area contributed by atoms with E-state index in [9.17, 15) is 5.11 Å². The van der Waals surface area contributed by atoms with E-state index in [1.165, 1.54) is 11.3 Å². The third kappa shape index (κ3) is 2.94. The Morgan fingerprint density at radius 3 is 2.71 bits per heavy atom. The van der Waals surface area contributed by atoms with Crippen molar-refractivity contribution in [3.05, 3.63) is 72.6 Å². The highest BCUT2D eigenvalue weighted by molar-refractivity contribution is 7.22. The van der Waals surface area contributed by atoms with Crippen molar-refractivity contribution in [3.63, 3.8) is 0 Å². The zero-order valence-corrected chi connectivity index (χ0v) is 13.6. The van der Waals surface area contributed by atoms with E-state index in [0.29, 0.717) is 6.54 Å². The average Bonchev–Trinajstić information content (AvgIpc) is 3.03. The number of nitrogens with one attached hydrogen (secondary N) is 1. The van der Waals surface area contributed by atoms with Crippen LogP contribution in [0.25, 0.3) is 21.3 Å². The number of thiazole rings is 1. The van der Waals surface area contributed by atoms with Gasteiger partial charge in [-0.15, -0.1) is 0 Å². The van der Waals surface area contributed by atoms with Gasteiger partial charge < -0.3 is 10.4 Å². The van der Waals surface area contributed by atoms with Crippen LogP contribution in [-0.4, -0.2) is 15.1 Å². The van der Waals surface area contributed by atoms with Crippen molar-refractivity contribution in [1.82, 2.24) is 9.97 Å². The van der Waals surface area contributed by atoms with Crippen LogP contribution < -0.4 is 5.32 Å². The van der Waals surface area contributed by atoms with E-state index in [-0.39, 0.29) is 5.75 Å². The molecule has 0 spiro atoms. The molecule has 24 heavy (non-hydrogen) atoms. The number of benzene rings is 2. The summed E-state index contributed by atoms with van der Waals surface area (Å²) < 4.78 is 0.961. The Bertz CT molecular complexity index is 968. The minimum atomic E-state index is 0.254. The summed E-state index contributed by atoms with van der Waals surface area (Å²) in [6.45, 7) is 0.667. The van der Waals surface area contributed by atoms with E-state index >= 15 is 0 Å². The maximum absolute atomic E-state index is 10.0. The van der Waals surface area contributed by atoms with E-state index in [0.717, 1.165) is 32.0 Å². The Morgan fingerprint density at radius 2 is 1.92 bits per heavy atom. The number of hydrogen-bond donors (Lipinski definition) is 2. The molecular weight excluding hydrogens is 318 g/mol. The number of anilines is 1. The summed E-state index contributed by atoms with van der Waals surface area (Å²) in [5.41, 5.74) is 3.99. The van der Waals surface area contributed by atoms with Gasteiger partial charge in [0.2, 0.25) is 0 Å². The van der Waals surface area contributed by atoms with Gasteiger partial charge in [-0.1, -0.05) is 47.7 Å². The van der Waals surface area contributed by atoms with E-state index in [4.69, 9.17) is 4.98 Å². The first kappa shape index (κ1) is 14.7. The average molecular weight is 333 g/mol. The number of fused-ring (bicyclic) bond motifs is 1. The Hall–Kier alpha value is -2.92. The molecule has 118 valence electrons. The molecule has 0 bridgehead atoms. The molecule has 2 aromatic heterocycles. The molecule has 0 aliphatic heterocycles. The summed E-state index contributed by atoms with van der Waals surface area (Å²) in [5, 5.41) is 14.2. The van der Waals surface area contributed by atoms with Crippen LogP contribution in [-0.2, 0) is 6.54 Å². The minimum absolute atomic E-state index is 0.254. The molecule has 0 aliphatic carbocycles. The molecule has 5 heteroatoms. The summed E-state index contributed by atoms with van der Waals surface area (Å²) in [5.74, 6) is 0.254. The van der Waals surface area contributed by atoms with Crippen LogP contribution >= 0.6 is 11.3 Å². The lowest BCUT2D eigenvalue weighted by Gasteiger charge is -2.03. The summed E-state index contributed by atoms with van der Waals surface area (Å²) in [6, 6.07) is 17.5. The highest BCUT2D eigenvalue weighted by Gasteiger charge is 2.11. The van der Waals surface area contributed by atoms with Crippen LogP contribution in [0.3, 0.4) is 0 Å². The van der Waals surface area contributed by atoms with E-state index in [1.54, 1.807) is 18.3 Å². The van der Waals surface area contributed by atoms with Crippen molar-refractivity contribution in [2.75, 3.05) is 5.32 Å². The molecule has 4 nitrogen and oxygen atoms in total. The highest BCUT2D eigenvalue weighted by atomic mass is 32.1. The van der Waals surface area contributed by atoms with Gasteiger partial charge in [-0.25, -0.2) is 4.98 Å². The largest absolute Gasteiger partial charge is 0.508 e. The van der Waals surface area contributed by atoms with E-state index < -0.39 is 0 Å². The standard InChI is InChI=1S/C19H15N3OS/c23-15-9-16(14-6-2-1-3-7-14)18-17(10-15)24-19(22-18)21-12-13-5-4-8-20-11-13/h1-11,23H,12H2,(H,21,22). The van der Waals surface area contributed by atoms with Gasteiger partial charge in [0.25, 0.3) is 0 Å². The van der Waals surface area contributed by atoms with Crippen LogP contribution in [0.5, 0.6) is 5.75 Å². The van der Waals surface area contributed by atoms with Crippen molar-refractivity contribution in [2.24, 2.45) is 0 Å². The number of phenolic OH excluding ortho intramolecular Hbond substituents is 1. The smallest absolute Gasteiger partial charge is 0.184 e. The van der Waals surface area contributed by atoms with Gasteiger partial charge in [-0.3, -0.25) is 4.98 Å². The third-order valence-electron chi connectivity index (χ3n) is 3.73. The Kier molecular flexibility index (Phi) is 3.84. The Balaban J connectivity index is 1.70. The van der Waals surface area contributed by atoms with Crippen molar-refractivity contribution < 1.29 is 5.11 Å². The van der Waals surface area contributed by atoms with Crippen LogP contribution in [0, 0.1) is 0 Å². The molecule has 4 aromatic rings. The van der Waals surface area contributed by atoms with Crippen molar-refractivity contribution in [1.29, 1.82) is 0 Å². The molecule has 2 heterocycles. The molecule has 0 saturated carbocycles. The van der Waals surface area contributed by atoms with Crippen molar-refractivity contribution in [3.8, 4) is 16.9 Å². The number of phenols is 1. The first-order valence-electron chi connectivity index (χ1n) is 7.61. The van der Waals surface area contributed by atoms with E-state index in [2.05, 4.69) is 10.3 Å². The lowest BCUT2D eigenvalue weighted by molar-refractivity contribution is 0.476. The SMILES string of the molecule is Oc1cc(-c2ccccc2)c2nc(NCc3cccnc3)sc2c1. The molecule has 0 radical (unpaired) electrons. The molecule has 4 rings (SSSR count). The van der Waals surface area contributed by atoms with Gasteiger partial charge in [-0.2, -0.15) is 0 Å². The van der Waals surface area contributed by atoms with Gasteiger partial charge in [-0.05, 0) is 29.3 Å². The molecule has 0 amide bonds. The zero-order chi connectivity index (χ0) is 16.4. The third-order valence-corrected chi connectivity index (χ3v) is 4.69. The van der Waals surface area contributed by atoms with Crippen LogP contribution in [0.4, 0.5) is 5.13 Å². The van der Waals surface area contributed by atoms with Gasteiger partial charge in [0, 0.05) is 24.5 Å². The Labute approximate surface area is 143 Å². The quantitative estimate of drug-likeness (QED) is 0.569. The normalized spacial score (nSPS) is 10.8. The van der Waals surface area contributed by atoms with E-state index in [1.807, 2.05) is 48.7 Å². The van der Waals surface area contributed by atoms with Gasteiger partial charge in [0.1, 0.15) is 5.75 Å². The van der Waals surface area contributed by atoms with Gasteiger partial charge >= 0.3 is 0 Å². The number of rotatable bonds is 4. The van der Waals surface area contributed by atoms with Crippen LogP contribution in [0.2, 0.25) is 0 Å². The molecular formula is C19H15N3OS. The molecule has 0 atom stereocenters. The number of aromatic hydroxyl groups is 1. The second-order valence-corrected chi connectivity index (χ2v) is 6.47. The van der Waals surface area contributed by atoms with Gasteiger partial charge in [0.15, 0.2) is 5.13 Å². The van der Waals surface area contributed by atoms with Crippen molar-refractivity contribution >= 4 is 26.7 Å². The van der Waals surface area contributed by atoms with Crippen molar-refractivity contribution in [2.45, 2.75) is 6.54 Å². The van der Waals surface area contributed by atoms with Crippen LogP contribution in [0.1, 0.15) is 5.56 Å². The monoisotopic (exact) mass is 333 g/mol. The van der Waals surface area contributed by atoms with Crippen LogP contribution in [0.15, 0.2) is 67.0 Å². The molecule has 0 aliphatic rings. The summed E-state index contributed by atoms with van der Waals surface area (Å²) >= 11 is 1.54. The molecule has 0 unspecified atom stereocenters. The summed E-state index contributed by atoms with van der Waals surface area (Å²) in [7, 11) is 0. The summed E-state index contributed by atoms with van der Waals surface area (Å²) in [4.78, 5) is 8.84. The number of hydrogen-bond acceptors (Lipinski definition) is 5. The fraction of sp³-hybridized carbons (Fsp3) is 0.0526. The molecule has 2 aromatic carbocycles. The lowest BCUT2D eigenvalue weighted by atomic mass is 10.0. The molecule has 0 saturated heterocycles. The predicted molar refractivity (Wildman–Crippen MR) is 98.3 cm³/mol. The lowest BCUT2D eigenvalue weighted by Crippen LogP contribution is -1.98. The molecule has 2 N–H and O–H groups in total. The highest BCUT2D eigenvalue weighted by Crippen LogP contribution is 2.36. The first-order valence-corrected chi connectivity index (χ1v) is 8.43. The number of aromatic nitrogens is 2. The fourth-order valence-corrected chi connectivity index (χ4v) is 3.53. The van der Waals surface area contributed by atoms with Gasteiger partial charge in [0.05, 0.1) is 10.2 Å². The Morgan fingerprint density at radius 1 is 1.04 bits per heavy atom. The number of nitrogens with zero attached hydrogens (tertiary/aromatic N) is 2. The predicted octanol–water partition coefficient (Wildman–Crippen LogP) is 4.68. The second kappa shape index (κ2) is 6.29. The first-order chi connectivity index (χ1) is 11.8. The minimum Gasteiger partial charge on any atom is -0.508 e. The maximum atomic E-state index is 10.0. The topological polar surface area (TPSA) is 58.0 Å². The maximum Gasteiger partial charge on any atom is 0.184 e.